The molecule has 1 aliphatic rings. The van der Waals surface area contributed by atoms with Crippen molar-refractivity contribution in [3.8, 4) is 0 Å². The lowest BCUT2D eigenvalue weighted by molar-refractivity contribution is 0.0574. The summed E-state index contributed by atoms with van der Waals surface area (Å²) in [5.74, 6) is 0.0813. The van der Waals surface area contributed by atoms with E-state index in [0.29, 0.717) is 5.56 Å². The number of thiol groups is 1. The molecule has 0 aliphatic carbocycles. The van der Waals surface area contributed by atoms with Crippen molar-refractivity contribution in [2.75, 3.05) is 18.0 Å². The lowest BCUT2D eigenvalue weighted by Gasteiger charge is -2.45. The molecule has 2 atom stereocenters. The van der Waals surface area contributed by atoms with Gasteiger partial charge in [-0.05, 0) is 50.2 Å². The SMILES string of the molecule is C[C@@H]1CN(c2ccc(S)cc2)C[C@H](C)N1C(=O)c1ccncc1. The summed E-state index contributed by atoms with van der Waals surface area (Å²) >= 11 is 4.34. The van der Waals surface area contributed by atoms with Crippen molar-refractivity contribution in [1.82, 2.24) is 9.88 Å². The zero-order valence-electron chi connectivity index (χ0n) is 13.4. The van der Waals surface area contributed by atoms with Crippen molar-refractivity contribution < 1.29 is 4.79 Å². The number of anilines is 1. The minimum atomic E-state index is 0.0813. The molecule has 0 saturated carbocycles. The summed E-state index contributed by atoms with van der Waals surface area (Å²) in [6, 6.07) is 12.0. The second-order valence-corrected chi connectivity index (χ2v) is 6.58. The third kappa shape index (κ3) is 3.34. The van der Waals surface area contributed by atoms with Crippen LogP contribution in [0, 0.1) is 0 Å². The monoisotopic (exact) mass is 327 g/mol. The summed E-state index contributed by atoms with van der Waals surface area (Å²) in [4.78, 5) is 22.0. The van der Waals surface area contributed by atoms with Gasteiger partial charge in [0.05, 0.1) is 0 Å². The maximum atomic E-state index is 12.8. The average Bonchev–Trinajstić information content (AvgIpc) is 2.55. The first kappa shape index (κ1) is 15.9. The summed E-state index contributed by atoms with van der Waals surface area (Å²) in [6.07, 6.45) is 3.33. The van der Waals surface area contributed by atoms with Crippen molar-refractivity contribution in [3.63, 3.8) is 0 Å². The van der Waals surface area contributed by atoms with Crippen LogP contribution in [0.2, 0.25) is 0 Å². The Morgan fingerprint density at radius 1 is 1.04 bits per heavy atom. The van der Waals surface area contributed by atoms with E-state index < -0.39 is 0 Å². The number of benzene rings is 1. The first-order valence-electron chi connectivity index (χ1n) is 7.83. The van der Waals surface area contributed by atoms with Crippen LogP contribution in [0.4, 0.5) is 5.69 Å². The molecule has 1 amide bonds. The first-order chi connectivity index (χ1) is 11.1. The number of hydrogen-bond donors (Lipinski definition) is 1. The van der Waals surface area contributed by atoms with E-state index in [1.54, 1.807) is 24.5 Å². The van der Waals surface area contributed by atoms with Gasteiger partial charge < -0.3 is 9.80 Å². The number of hydrogen-bond acceptors (Lipinski definition) is 4. The Balaban J connectivity index is 1.77. The maximum Gasteiger partial charge on any atom is 0.254 e. The molecular weight excluding hydrogens is 306 g/mol. The van der Waals surface area contributed by atoms with E-state index in [2.05, 4.69) is 48.5 Å². The van der Waals surface area contributed by atoms with Crippen LogP contribution in [0.15, 0.2) is 53.7 Å². The van der Waals surface area contributed by atoms with Gasteiger partial charge in [0.25, 0.3) is 5.91 Å². The van der Waals surface area contributed by atoms with Gasteiger partial charge in [-0.2, -0.15) is 0 Å². The maximum absolute atomic E-state index is 12.8. The summed E-state index contributed by atoms with van der Waals surface area (Å²) in [5, 5.41) is 0. The van der Waals surface area contributed by atoms with Crippen LogP contribution in [0.25, 0.3) is 0 Å². The number of amides is 1. The van der Waals surface area contributed by atoms with Crippen LogP contribution in [0.1, 0.15) is 24.2 Å². The van der Waals surface area contributed by atoms with Crippen LogP contribution in [-0.4, -0.2) is 41.0 Å². The molecule has 5 heteroatoms. The molecule has 0 N–H and O–H groups in total. The Labute approximate surface area is 142 Å². The molecule has 2 aromatic rings. The Morgan fingerprint density at radius 3 is 2.17 bits per heavy atom. The lowest BCUT2D eigenvalue weighted by atomic mass is 10.0. The highest BCUT2D eigenvalue weighted by Crippen LogP contribution is 2.24. The number of aromatic nitrogens is 1. The quantitative estimate of drug-likeness (QED) is 0.861. The van der Waals surface area contributed by atoms with Crippen molar-refractivity contribution in [2.24, 2.45) is 0 Å². The number of piperazine rings is 1. The molecule has 1 saturated heterocycles. The highest BCUT2D eigenvalue weighted by atomic mass is 32.1. The van der Waals surface area contributed by atoms with Gasteiger partial charge in [0.15, 0.2) is 0 Å². The molecule has 4 nitrogen and oxygen atoms in total. The largest absolute Gasteiger partial charge is 0.367 e. The van der Waals surface area contributed by atoms with Gasteiger partial charge in [0.1, 0.15) is 0 Å². The van der Waals surface area contributed by atoms with E-state index in [-0.39, 0.29) is 18.0 Å². The van der Waals surface area contributed by atoms with E-state index in [1.807, 2.05) is 17.0 Å². The Hall–Kier alpha value is -2.01. The number of pyridine rings is 1. The second-order valence-electron chi connectivity index (χ2n) is 6.07. The van der Waals surface area contributed by atoms with E-state index in [9.17, 15) is 4.79 Å². The van der Waals surface area contributed by atoms with E-state index in [0.717, 1.165) is 18.0 Å². The zero-order valence-corrected chi connectivity index (χ0v) is 14.3. The number of nitrogens with zero attached hydrogens (tertiary/aromatic N) is 3. The molecule has 0 radical (unpaired) electrons. The third-order valence-electron chi connectivity index (χ3n) is 4.30. The molecule has 23 heavy (non-hydrogen) atoms. The van der Waals surface area contributed by atoms with Crippen molar-refractivity contribution >= 4 is 24.2 Å². The number of rotatable bonds is 2. The number of carbonyl (C=O) groups excluding carboxylic acids is 1. The van der Waals surface area contributed by atoms with Gasteiger partial charge in [-0.15, -0.1) is 12.6 Å². The van der Waals surface area contributed by atoms with E-state index in [4.69, 9.17) is 0 Å². The molecule has 0 spiro atoms. The smallest absolute Gasteiger partial charge is 0.254 e. The molecule has 120 valence electrons. The molecule has 3 rings (SSSR count). The van der Waals surface area contributed by atoms with Gasteiger partial charge in [0, 0.05) is 53.7 Å². The predicted molar refractivity (Wildman–Crippen MR) is 95.2 cm³/mol. The summed E-state index contributed by atoms with van der Waals surface area (Å²) in [7, 11) is 0. The fraction of sp³-hybridized carbons (Fsp3) is 0.333. The third-order valence-corrected chi connectivity index (χ3v) is 4.59. The van der Waals surface area contributed by atoms with E-state index >= 15 is 0 Å². The Morgan fingerprint density at radius 2 is 1.61 bits per heavy atom. The van der Waals surface area contributed by atoms with Gasteiger partial charge in [0.2, 0.25) is 0 Å². The van der Waals surface area contributed by atoms with Crippen LogP contribution in [0.5, 0.6) is 0 Å². The number of carbonyl (C=O) groups is 1. The molecule has 2 heterocycles. The average molecular weight is 327 g/mol. The molecule has 0 unspecified atom stereocenters. The van der Waals surface area contributed by atoms with Crippen molar-refractivity contribution in [1.29, 1.82) is 0 Å². The first-order valence-corrected chi connectivity index (χ1v) is 8.27. The standard InChI is InChI=1S/C18H21N3OS/c1-13-11-20(16-3-5-17(23)6-4-16)12-14(2)21(13)18(22)15-7-9-19-10-8-15/h3-10,13-14,23H,11-12H2,1-2H3/t13-,14+. The fourth-order valence-electron chi connectivity index (χ4n) is 3.24. The van der Waals surface area contributed by atoms with Crippen LogP contribution in [-0.2, 0) is 0 Å². The summed E-state index contributed by atoms with van der Waals surface area (Å²) < 4.78 is 0. The van der Waals surface area contributed by atoms with Crippen molar-refractivity contribution in [3.05, 3.63) is 54.4 Å². The highest BCUT2D eigenvalue weighted by Gasteiger charge is 2.33. The molecule has 1 aromatic heterocycles. The minimum absolute atomic E-state index is 0.0813. The summed E-state index contributed by atoms with van der Waals surface area (Å²) in [6.45, 7) is 5.86. The van der Waals surface area contributed by atoms with Crippen LogP contribution >= 0.6 is 12.6 Å². The molecule has 1 aromatic carbocycles. The molecule has 1 aliphatic heterocycles. The second kappa shape index (κ2) is 6.62. The zero-order chi connectivity index (χ0) is 16.4. The van der Waals surface area contributed by atoms with Gasteiger partial charge in [-0.25, -0.2) is 0 Å². The Kier molecular flexibility index (Phi) is 4.57. The fourth-order valence-corrected chi connectivity index (χ4v) is 3.39. The molecule has 0 bridgehead atoms. The highest BCUT2D eigenvalue weighted by molar-refractivity contribution is 7.80. The molecule has 1 fully saturated rings. The lowest BCUT2D eigenvalue weighted by Crippen LogP contribution is -2.58. The molecular formula is C18H21N3OS. The van der Waals surface area contributed by atoms with Gasteiger partial charge in [-0.1, -0.05) is 0 Å². The predicted octanol–water partition coefficient (Wildman–Crippen LogP) is 3.11. The minimum Gasteiger partial charge on any atom is -0.367 e. The summed E-state index contributed by atoms with van der Waals surface area (Å²) in [5.41, 5.74) is 1.88. The Bertz CT molecular complexity index is 662. The van der Waals surface area contributed by atoms with Crippen molar-refractivity contribution in [2.45, 2.75) is 30.8 Å². The van der Waals surface area contributed by atoms with E-state index in [1.165, 1.54) is 5.69 Å². The van der Waals surface area contributed by atoms with Gasteiger partial charge >= 0.3 is 0 Å². The van der Waals surface area contributed by atoms with Gasteiger partial charge in [-0.3, -0.25) is 9.78 Å². The van der Waals surface area contributed by atoms with Crippen LogP contribution < -0.4 is 4.90 Å². The topological polar surface area (TPSA) is 36.4 Å². The van der Waals surface area contributed by atoms with Crippen LogP contribution in [0.3, 0.4) is 0 Å². The normalized spacial score (nSPS) is 21.3.